The molecule has 25 heavy (non-hydrogen) atoms. The molecule has 2 heterocycles. The van der Waals surface area contributed by atoms with Gasteiger partial charge in [0.25, 0.3) is 5.91 Å². The molecular weight excluding hydrogens is 391 g/mol. The van der Waals surface area contributed by atoms with E-state index < -0.39 is 21.7 Å². The summed E-state index contributed by atoms with van der Waals surface area (Å²) in [6.07, 6.45) is 0. The van der Waals surface area contributed by atoms with Crippen LogP contribution in [0.4, 0.5) is 10.1 Å². The average molecular weight is 405 g/mol. The van der Waals surface area contributed by atoms with Crippen LogP contribution in [0.1, 0.15) is 9.67 Å². The van der Waals surface area contributed by atoms with Gasteiger partial charge in [-0.1, -0.05) is 11.6 Å². The number of hydrogen-bond donors (Lipinski definition) is 1. The summed E-state index contributed by atoms with van der Waals surface area (Å²) in [5.41, 5.74) is -0.0717. The molecule has 0 spiro atoms. The Hall–Kier alpha value is -1.52. The molecular formula is C15H14ClFN2O4S2. The molecule has 134 valence electrons. The van der Waals surface area contributed by atoms with Gasteiger partial charge in [-0.05, 0) is 29.6 Å². The SMILES string of the molecule is O=C(Nc1ccc(Cl)cc1F)c1sccc1S(=O)(=O)N1CCOCC1. The highest BCUT2D eigenvalue weighted by atomic mass is 35.5. The van der Waals surface area contributed by atoms with Gasteiger partial charge in [0.15, 0.2) is 0 Å². The maximum Gasteiger partial charge on any atom is 0.267 e. The summed E-state index contributed by atoms with van der Waals surface area (Å²) >= 11 is 6.66. The maximum absolute atomic E-state index is 13.8. The Labute approximate surface area is 153 Å². The van der Waals surface area contributed by atoms with E-state index in [2.05, 4.69) is 5.32 Å². The van der Waals surface area contributed by atoms with Crippen molar-refractivity contribution in [2.24, 2.45) is 0 Å². The zero-order chi connectivity index (χ0) is 18.0. The zero-order valence-corrected chi connectivity index (χ0v) is 15.3. The van der Waals surface area contributed by atoms with Crippen molar-refractivity contribution >= 4 is 44.6 Å². The predicted molar refractivity (Wildman–Crippen MR) is 93.3 cm³/mol. The average Bonchev–Trinajstić information content (AvgIpc) is 3.09. The quantitative estimate of drug-likeness (QED) is 0.850. The Morgan fingerprint density at radius 2 is 2.00 bits per heavy atom. The molecule has 10 heteroatoms. The second kappa shape index (κ2) is 7.38. The minimum atomic E-state index is -3.82. The van der Waals surface area contributed by atoms with Gasteiger partial charge in [0.05, 0.1) is 18.9 Å². The lowest BCUT2D eigenvalue weighted by Crippen LogP contribution is -2.41. The number of carbonyl (C=O) groups excluding carboxylic acids is 1. The van der Waals surface area contributed by atoms with E-state index in [1.165, 1.54) is 27.9 Å². The van der Waals surface area contributed by atoms with Crippen molar-refractivity contribution in [3.05, 3.63) is 45.4 Å². The second-order valence-electron chi connectivity index (χ2n) is 5.21. The van der Waals surface area contributed by atoms with Crippen LogP contribution >= 0.6 is 22.9 Å². The van der Waals surface area contributed by atoms with Gasteiger partial charge in [0, 0.05) is 18.1 Å². The molecule has 1 aromatic heterocycles. The van der Waals surface area contributed by atoms with Crippen LogP contribution in [0.25, 0.3) is 0 Å². The molecule has 1 aliphatic heterocycles. The lowest BCUT2D eigenvalue weighted by molar-refractivity contribution is 0.0730. The number of anilines is 1. The lowest BCUT2D eigenvalue weighted by Gasteiger charge is -2.26. The smallest absolute Gasteiger partial charge is 0.267 e. The number of amides is 1. The van der Waals surface area contributed by atoms with E-state index in [9.17, 15) is 17.6 Å². The largest absolute Gasteiger partial charge is 0.379 e. The van der Waals surface area contributed by atoms with Gasteiger partial charge in [-0.15, -0.1) is 11.3 Å². The number of halogens is 2. The third-order valence-corrected chi connectivity index (χ3v) is 6.82. The fraction of sp³-hybridized carbons (Fsp3) is 0.267. The van der Waals surface area contributed by atoms with Crippen molar-refractivity contribution in [3.63, 3.8) is 0 Å². The number of hydrogen-bond acceptors (Lipinski definition) is 5. The number of sulfonamides is 1. The molecule has 0 bridgehead atoms. The van der Waals surface area contributed by atoms with Crippen molar-refractivity contribution in [1.82, 2.24) is 4.31 Å². The Kier molecular flexibility index (Phi) is 5.40. The number of rotatable bonds is 4. The number of carbonyl (C=O) groups is 1. The number of nitrogens with zero attached hydrogens (tertiary/aromatic N) is 1. The van der Waals surface area contributed by atoms with Crippen LogP contribution in [0.5, 0.6) is 0 Å². The summed E-state index contributed by atoms with van der Waals surface area (Å²) in [6, 6.07) is 5.19. The van der Waals surface area contributed by atoms with Gasteiger partial charge in [-0.2, -0.15) is 4.31 Å². The van der Waals surface area contributed by atoms with E-state index in [4.69, 9.17) is 16.3 Å². The molecule has 6 nitrogen and oxygen atoms in total. The van der Waals surface area contributed by atoms with Gasteiger partial charge >= 0.3 is 0 Å². The fourth-order valence-electron chi connectivity index (χ4n) is 2.36. The van der Waals surface area contributed by atoms with Gasteiger partial charge < -0.3 is 10.1 Å². The van der Waals surface area contributed by atoms with Crippen LogP contribution in [-0.4, -0.2) is 44.9 Å². The monoisotopic (exact) mass is 404 g/mol. The number of thiophene rings is 1. The first-order valence-corrected chi connectivity index (χ1v) is 10.0. The third-order valence-electron chi connectivity index (χ3n) is 3.60. The number of ether oxygens (including phenoxy) is 1. The van der Waals surface area contributed by atoms with Crippen molar-refractivity contribution in [2.75, 3.05) is 31.6 Å². The van der Waals surface area contributed by atoms with E-state index in [-0.39, 0.29) is 33.6 Å². The molecule has 0 radical (unpaired) electrons. The molecule has 1 aromatic carbocycles. The Balaban J connectivity index is 1.86. The molecule has 0 aliphatic carbocycles. The summed E-state index contributed by atoms with van der Waals surface area (Å²) in [5.74, 6) is -1.39. The summed E-state index contributed by atoms with van der Waals surface area (Å²) in [6.45, 7) is 1.07. The van der Waals surface area contributed by atoms with Crippen molar-refractivity contribution in [1.29, 1.82) is 0 Å². The van der Waals surface area contributed by atoms with Gasteiger partial charge in [-0.3, -0.25) is 4.79 Å². The highest BCUT2D eigenvalue weighted by molar-refractivity contribution is 7.89. The topological polar surface area (TPSA) is 75.7 Å². The lowest BCUT2D eigenvalue weighted by atomic mass is 10.3. The predicted octanol–water partition coefficient (Wildman–Crippen LogP) is 2.81. The number of nitrogens with one attached hydrogen (secondary N) is 1. The van der Waals surface area contributed by atoms with E-state index in [0.29, 0.717) is 13.2 Å². The number of morpholine rings is 1. The molecule has 1 fully saturated rings. The highest BCUT2D eigenvalue weighted by Crippen LogP contribution is 2.27. The minimum Gasteiger partial charge on any atom is -0.379 e. The van der Waals surface area contributed by atoms with Gasteiger partial charge in [0.2, 0.25) is 10.0 Å². The summed E-state index contributed by atoms with van der Waals surface area (Å²) in [4.78, 5) is 12.4. The van der Waals surface area contributed by atoms with Crippen LogP contribution in [0.3, 0.4) is 0 Å². The first-order chi connectivity index (χ1) is 11.9. The van der Waals surface area contributed by atoms with Crippen LogP contribution < -0.4 is 5.32 Å². The summed E-state index contributed by atoms with van der Waals surface area (Å²) in [7, 11) is -3.82. The summed E-state index contributed by atoms with van der Waals surface area (Å²) in [5, 5.41) is 4.10. The Morgan fingerprint density at radius 3 is 2.68 bits per heavy atom. The molecule has 0 atom stereocenters. The third kappa shape index (κ3) is 3.85. The molecule has 1 saturated heterocycles. The molecule has 0 saturated carbocycles. The van der Waals surface area contributed by atoms with E-state index in [1.807, 2.05) is 0 Å². The summed E-state index contributed by atoms with van der Waals surface area (Å²) < 4.78 is 45.8. The molecule has 1 N–H and O–H groups in total. The normalized spacial score (nSPS) is 15.9. The fourth-order valence-corrected chi connectivity index (χ4v) is 5.22. The van der Waals surface area contributed by atoms with Gasteiger partial charge in [-0.25, -0.2) is 12.8 Å². The van der Waals surface area contributed by atoms with Crippen molar-refractivity contribution < 1.29 is 22.3 Å². The maximum atomic E-state index is 13.8. The first kappa shape index (κ1) is 18.3. The highest BCUT2D eigenvalue weighted by Gasteiger charge is 2.31. The van der Waals surface area contributed by atoms with E-state index in [0.717, 1.165) is 17.4 Å². The van der Waals surface area contributed by atoms with Crippen LogP contribution in [-0.2, 0) is 14.8 Å². The van der Waals surface area contributed by atoms with Crippen molar-refractivity contribution in [3.8, 4) is 0 Å². The standard InChI is InChI=1S/C15H14ClFN2O4S2/c16-10-1-2-12(11(17)9-10)18-15(20)14-13(3-8-24-14)25(21,22)19-4-6-23-7-5-19/h1-3,8-9H,4-7H2,(H,18,20). The Bertz CT molecular complexity index is 895. The second-order valence-corrected chi connectivity index (χ2v) is 8.47. The molecule has 0 unspecified atom stereocenters. The number of benzene rings is 1. The molecule has 3 rings (SSSR count). The van der Waals surface area contributed by atoms with Crippen LogP contribution in [0.15, 0.2) is 34.5 Å². The van der Waals surface area contributed by atoms with Crippen molar-refractivity contribution in [2.45, 2.75) is 4.90 Å². The van der Waals surface area contributed by atoms with Crippen LogP contribution in [0.2, 0.25) is 5.02 Å². The first-order valence-electron chi connectivity index (χ1n) is 7.31. The molecule has 2 aromatic rings. The molecule has 1 amide bonds. The minimum absolute atomic E-state index is 0.000779. The van der Waals surface area contributed by atoms with Crippen LogP contribution in [0, 0.1) is 5.82 Å². The van der Waals surface area contributed by atoms with Gasteiger partial charge in [0.1, 0.15) is 15.6 Å². The van der Waals surface area contributed by atoms with E-state index in [1.54, 1.807) is 0 Å². The Morgan fingerprint density at radius 1 is 1.28 bits per heavy atom. The zero-order valence-electron chi connectivity index (χ0n) is 12.9. The molecule has 1 aliphatic rings. The van der Waals surface area contributed by atoms with E-state index >= 15 is 0 Å².